The number of amides is 1. The molecule has 2 fully saturated rings. The number of thioether (sulfide) groups is 1. The molecule has 1 N–H and O–H groups in total. The van der Waals surface area contributed by atoms with E-state index in [1.165, 1.54) is 43.9 Å². The maximum atomic E-state index is 12.7. The Morgan fingerprint density at radius 3 is 3.04 bits per heavy atom. The number of H-pyrrole nitrogens is 1. The van der Waals surface area contributed by atoms with E-state index in [0.717, 1.165) is 35.1 Å². The van der Waals surface area contributed by atoms with Crippen LogP contribution in [0.2, 0.25) is 5.02 Å². The number of aromatic nitrogens is 2. The molecule has 0 radical (unpaired) electrons. The van der Waals surface area contributed by atoms with E-state index < -0.39 is 0 Å². The van der Waals surface area contributed by atoms with Crippen molar-refractivity contribution in [3.8, 4) is 0 Å². The lowest BCUT2D eigenvalue weighted by Gasteiger charge is -2.44. The lowest BCUT2D eigenvalue weighted by Crippen LogP contribution is -2.50. The second-order valence-corrected chi connectivity index (χ2v) is 8.23. The number of carbonyl (C=O) groups is 1. The minimum atomic E-state index is 0.259. The summed E-state index contributed by atoms with van der Waals surface area (Å²) >= 11 is 7.50. The number of likely N-dealkylation sites (tertiary alicyclic amines) is 1. The third-order valence-corrected chi connectivity index (χ3v) is 6.41. The molecule has 0 spiro atoms. The Kier molecular flexibility index (Phi) is 4.72. The van der Waals surface area contributed by atoms with Crippen molar-refractivity contribution in [3.63, 3.8) is 0 Å². The summed E-state index contributed by atoms with van der Waals surface area (Å²) < 4.78 is 0. The number of carbonyl (C=O) groups excluding carboxylic acids is 1. The first-order chi connectivity index (χ1) is 11.7. The van der Waals surface area contributed by atoms with Crippen LogP contribution in [-0.2, 0) is 4.79 Å². The van der Waals surface area contributed by atoms with Gasteiger partial charge < -0.3 is 9.88 Å². The summed E-state index contributed by atoms with van der Waals surface area (Å²) in [5.74, 6) is 1.45. The highest BCUT2D eigenvalue weighted by atomic mass is 35.5. The highest BCUT2D eigenvalue weighted by Gasteiger charge is 2.35. The highest BCUT2D eigenvalue weighted by molar-refractivity contribution is 7.99. The average Bonchev–Trinajstić information content (AvgIpc) is 3.01. The standard InChI is InChI=1S/C18H22ClN3OS/c19-13-7-8-14-15(10-13)21-18(20-14)24-11-17(23)22-9-3-5-12-4-1-2-6-16(12)22/h7-8,10,12,16H,1-6,9,11H2,(H,20,21). The number of nitrogens with zero attached hydrogens (tertiary/aromatic N) is 2. The number of hydrogen-bond donors (Lipinski definition) is 1. The number of halogens is 1. The van der Waals surface area contributed by atoms with Crippen LogP contribution in [0, 0.1) is 5.92 Å². The summed E-state index contributed by atoms with van der Waals surface area (Å²) in [6.45, 7) is 0.927. The first-order valence-corrected chi connectivity index (χ1v) is 10.1. The minimum Gasteiger partial charge on any atom is -0.339 e. The van der Waals surface area contributed by atoms with Crippen molar-refractivity contribution in [1.82, 2.24) is 14.9 Å². The Balaban J connectivity index is 1.41. The fraction of sp³-hybridized carbons (Fsp3) is 0.556. The summed E-state index contributed by atoms with van der Waals surface area (Å²) in [7, 11) is 0. The van der Waals surface area contributed by atoms with Crippen LogP contribution in [0.15, 0.2) is 23.4 Å². The van der Waals surface area contributed by atoms with Crippen molar-refractivity contribution in [2.45, 2.75) is 49.7 Å². The molecular weight excluding hydrogens is 342 g/mol. The normalized spacial score (nSPS) is 24.1. The van der Waals surface area contributed by atoms with E-state index in [2.05, 4.69) is 14.9 Å². The van der Waals surface area contributed by atoms with Crippen LogP contribution in [0.4, 0.5) is 0 Å². The van der Waals surface area contributed by atoms with E-state index in [1.54, 1.807) is 0 Å². The third-order valence-electron chi connectivity index (χ3n) is 5.32. The van der Waals surface area contributed by atoms with Crippen molar-refractivity contribution < 1.29 is 4.79 Å². The second-order valence-electron chi connectivity index (χ2n) is 6.83. The Morgan fingerprint density at radius 1 is 1.29 bits per heavy atom. The zero-order chi connectivity index (χ0) is 16.5. The van der Waals surface area contributed by atoms with Gasteiger partial charge in [-0.05, 0) is 49.8 Å². The van der Waals surface area contributed by atoms with Crippen LogP contribution in [0.3, 0.4) is 0 Å². The molecule has 1 aliphatic heterocycles. The highest BCUT2D eigenvalue weighted by Crippen LogP contribution is 2.35. The van der Waals surface area contributed by atoms with Crippen molar-refractivity contribution in [2.24, 2.45) is 5.92 Å². The monoisotopic (exact) mass is 363 g/mol. The van der Waals surface area contributed by atoms with Gasteiger partial charge in [0.05, 0.1) is 16.8 Å². The molecule has 128 valence electrons. The van der Waals surface area contributed by atoms with Gasteiger partial charge in [0.1, 0.15) is 0 Å². The van der Waals surface area contributed by atoms with E-state index in [-0.39, 0.29) is 5.91 Å². The lowest BCUT2D eigenvalue weighted by molar-refractivity contribution is -0.134. The van der Waals surface area contributed by atoms with Crippen molar-refractivity contribution in [3.05, 3.63) is 23.2 Å². The Hall–Kier alpha value is -1.20. The van der Waals surface area contributed by atoms with Crippen molar-refractivity contribution in [2.75, 3.05) is 12.3 Å². The number of piperidine rings is 1. The van der Waals surface area contributed by atoms with Gasteiger partial charge in [0.25, 0.3) is 0 Å². The zero-order valence-electron chi connectivity index (χ0n) is 13.6. The van der Waals surface area contributed by atoms with Crippen LogP contribution in [0.25, 0.3) is 11.0 Å². The molecular formula is C18H22ClN3OS. The molecule has 1 saturated heterocycles. The lowest BCUT2D eigenvalue weighted by atomic mass is 9.78. The number of hydrogen-bond acceptors (Lipinski definition) is 3. The van der Waals surface area contributed by atoms with Gasteiger partial charge in [0, 0.05) is 17.6 Å². The second kappa shape index (κ2) is 6.96. The number of fused-ring (bicyclic) bond motifs is 2. The summed E-state index contributed by atoms with van der Waals surface area (Å²) in [5.41, 5.74) is 1.81. The summed E-state index contributed by atoms with van der Waals surface area (Å²) in [6, 6.07) is 6.08. The first kappa shape index (κ1) is 16.3. The largest absolute Gasteiger partial charge is 0.339 e. The molecule has 1 saturated carbocycles. The molecule has 1 aromatic carbocycles. The van der Waals surface area contributed by atoms with Gasteiger partial charge in [-0.1, -0.05) is 36.2 Å². The first-order valence-electron chi connectivity index (χ1n) is 8.78. The smallest absolute Gasteiger partial charge is 0.233 e. The maximum absolute atomic E-state index is 12.7. The molecule has 6 heteroatoms. The SMILES string of the molecule is O=C(CSc1nc2ccc(Cl)cc2[nH]1)N1CCCC2CCCCC21. The number of imidazole rings is 1. The van der Waals surface area contributed by atoms with Crippen LogP contribution in [0.1, 0.15) is 38.5 Å². The minimum absolute atomic E-state index is 0.259. The Labute approximate surface area is 151 Å². The van der Waals surface area contributed by atoms with Crippen LogP contribution >= 0.6 is 23.4 Å². The Morgan fingerprint density at radius 2 is 2.12 bits per heavy atom. The predicted octanol–water partition coefficient (Wildman–Crippen LogP) is 4.49. The van der Waals surface area contributed by atoms with Crippen molar-refractivity contribution in [1.29, 1.82) is 0 Å². The van der Waals surface area contributed by atoms with E-state index in [4.69, 9.17) is 11.6 Å². The predicted molar refractivity (Wildman–Crippen MR) is 98.5 cm³/mol. The molecule has 2 aliphatic rings. The molecule has 4 rings (SSSR count). The topological polar surface area (TPSA) is 49.0 Å². The molecule has 1 amide bonds. The van der Waals surface area contributed by atoms with Gasteiger partial charge in [-0.2, -0.15) is 0 Å². The maximum Gasteiger partial charge on any atom is 0.233 e. The zero-order valence-corrected chi connectivity index (χ0v) is 15.2. The third kappa shape index (κ3) is 3.29. The van der Waals surface area contributed by atoms with Gasteiger partial charge in [-0.25, -0.2) is 4.98 Å². The van der Waals surface area contributed by atoms with Crippen LogP contribution in [0.5, 0.6) is 0 Å². The fourth-order valence-electron chi connectivity index (χ4n) is 4.17. The van der Waals surface area contributed by atoms with Gasteiger partial charge in [-0.3, -0.25) is 4.79 Å². The van der Waals surface area contributed by atoms with Gasteiger partial charge in [0.2, 0.25) is 5.91 Å². The molecule has 4 nitrogen and oxygen atoms in total. The molecule has 24 heavy (non-hydrogen) atoms. The summed E-state index contributed by atoms with van der Waals surface area (Å²) in [4.78, 5) is 22.7. The number of aromatic amines is 1. The van der Waals surface area contributed by atoms with Gasteiger partial charge >= 0.3 is 0 Å². The van der Waals surface area contributed by atoms with Gasteiger partial charge in [0.15, 0.2) is 5.16 Å². The number of benzene rings is 1. The van der Waals surface area contributed by atoms with E-state index in [9.17, 15) is 4.79 Å². The van der Waals surface area contributed by atoms with Crippen LogP contribution in [-0.4, -0.2) is 39.1 Å². The number of rotatable bonds is 3. The molecule has 2 aromatic rings. The Bertz CT molecular complexity index is 745. The van der Waals surface area contributed by atoms with E-state index >= 15 is 0 Å². The average molecular weight is 364 g/mol. The molecule has 0 bridgehead atoms. The number of nitrogens with one attached hydrogen (secondary N) is 1. The fourth-order valence-corrected chi connectivity index (χ4v) is 5.12. The summed E-state index contributed by atoms with van der Waals surface area (Å²) in [6.07, 6.45) is 7.53. The van der Waals surface area contributed by atoms with Gasteiger partial charge in [-0.15, -0.1) is 0 Å². The molecule has 2 atom stereocenters. The summed E-state index contributed by atoms with van der Waals surface area (Å²) in [5, 5.41) is 1.48. The molecule has 1 aromatic heterocycles. The van der Waals surface area contributed by atoms with E-state index in [0.29, 0.717) is 16.8 Å². The molecule has 1 aliphatic carbocycles. The van der Waals surface area contributed by atoms with Crippen LogP contribution < -0.4 is 0 Å². The quantitative estimate of drug-likeness (QED) is 0.817. The van der Waals surface area contributed by atoms with E-state index in [1.807, 2.05) is 18.2 Å². The molecule has 2 unspecified atom stereocenters. The van der Waals surface area contributed by atoms with Crippen molar-refractivity contribution >= 4 is 40.3 Å². The molecule has 2 heterocycles.